The van der Waals surface area contributed by atoms with Gasteiger partial charge in [-0.25, -0.2) is 4.99 Å². The highest BCUT2D eigenvalue weighted by molar-refractivity contribution is 14.0. The molecule has 2 aromatic carbocycles. The molecule has 0 saturated carbocycles. The first-order valence-electron chi connectivity index (χ1n) is 8.37. The number of rotatable bonds is 8. The average Bonchev–Trinajstić information content (AvgIpc) is 2.66. The third-order valence-corrected chi connectivity index (χ3v) is 3.59. The van der Waals surface area contributed by atoms with Crippen molar-refractivity contribution in [2.45, 2.75) is 20.1 Å². The Morgan fingerprint density at radius 3 is 2.39 bits per heavy atom. The van der Waals surface area contributed by atoms with Gasteiger partial charge in [-0.15, -0.1) is 24.0 Å². The fourth-order valence-corrected chi connectivity index (χ4v) is 2.37. The van der Waals surface area contributed by atoms with E-state index < -0.39 is 6.61 Å². The number of guanidine groups is 1. The molecule has 2 aromatic rings. The van der Waals surface area contributed by atoms with Crippen LogP contribution in [0.4, 0.5) is 14.5 Å². The normalized spacial score (nSPS) is 10.9. The monoisotopic (exact) mass is 507 g/mol. The number of methoxy groups -OCH3 is 2. The van der Waals surface area contributed by atoms with Crippen molar-refractivity contribution in [2.75, 3.05) is 26.1 Å². The van der Waals surface area contributed by atoms with Crippen molar-refractivity contribution in [2.24, 2.45) is 4.99 Å². The van der Waals surface area contributed by atoms with Crippen LogP contribution in [0.25, 0.3) is 0 Å². The first kappa shape index (κ1) is 23.7. The van der Waals surface area contributed by atoms with Crippen molar-refractivity contribution in [3.63, 3.8) is 0 Å². The molecule has 0 aliphatic rings. The number of halogens is 3. The molecule has 2 rings (SSSR count). The molecule has 0 atom stereocenters. The van der Waals surface area contributed by atoms with Gasteiger partial charge in [0.2, 0.25) is 0 Å². The maximum atomic E-state index is 12.5. The number of anilines is 1. The highest BCUT2D eigenvalue weighted by Gasteiger charge is 2.10. The Bertz CT molecular complexity index is 776. The molecule has 0 unspecified atom stereocenters. The lowest BCUT2D eigenvalue weighted by atomic mass is 10.2. The van der Waals surface area contributed by atoms with Crippen LogP contribution in [0.2, 0.25) is 0 Å². The molecule has 0 spiro atoms. The molecule has 0 aliphatic heterocycles. The van der Waals surface area contributed by atoms with Crippen LogP contribution in [-0.2, 0) is 6.54 Å². The standard InChI is InChI=1S/C19H23F2N3O3.HI/c1-4-22-19(24-14-9-10-16(25-2)17(11-14)26-3)23-12-13-7-5-6-8-15(13)27-18(20)21;/h5-11,18H,4,12H2,1-3H3,(H2,22,23,24);1H. The van der Waals surface area contributed by atoms with Gasteiger partial charge >= 0.3 is 6.61 Å². The van der Waals surface area contributed by atoms with Gasteiger partial charge in [-0.3, -0.25) is 0 Å². The van der Waals surface area contributed by atoms with E-state index in [1.165, 1.54) is 6.07 Å². The van der Waals surface area contributed by atoms with Gasteiger partial charge in [0.1, 0.15) is 5.75 Å². The number of hydrogen-bond donors (Lipinski definition) is 2. The largest absolute Gasteiger partial charge is 0.493 e. The summed E-state index contributed by atoms with van der Waals surface area (Å²) in [7, 11) is 3.12. The van der Waals surface area contributed by atoms with Gasteiger partial charge in [-0.05, 0) is 25.1 Å². The van der Waals surface area contributed by atoms with Gasteiger partial charge in [0, 0.05) is 23.9 Å². The second-order valence-electron chi connectivity index (χ2n) is 5.38. The second-order valence-corrected chi connectivity index (χ2v) is 5.38. The second kappa shape index (κ2) is 12.2. The molecule has 2 N–H and O–H groups in total. The minimum absolute atomic E-state index is 0. The molecule has 9 heteroatoms. The molecule has 0 aromatic heterocycles. The van der Waals surface area contributed by atoms with Crippen LogP contribution < -0.4 is 24.8 Å². The summed E-state index contributed by atoms with van der Waals surface area (Å²) in [4.78, 5) is 4.44. The number of nitrogens with zero attached hydrogens (tertiary/aromatic N) is 1. The Morgan fingerprint density at radius 2 is 1.75 bits per heavy atom. The summed E-state index contributed by atoms with van der Waals surface area (Å²) in [6.07, 6.45) is 0. The predicted molar refractivity (Wildman–Crippen MR) is 116 cm³/mol. The van der Waals surface area contributed by atoms with Crippen molar-refractivity contribution in [3.8, 4) is 17.2 Å². The molecular formula is C19H24F2IN3O3. The van der Waals surface area contributed by atoms with Gasteiger partial charge < -0.3 is 24.8 Å². The van der Waals surface area contributed by atoms with Gasteiger partial charge in [-0.2, -0.15) is 8.78 Å². The summed E-state index contributed by atoms with van der Waals surface area (Å²) in [5, 5.41) is 6.26. The van der Waals surface area contributed by atoms with Crippen LogP contribution in [0.5, 0.6) is 17.2 Å². The molecule has 0 bridgehead atoms. The highest BCUT2D eigenvalue weighted by atomic mass is 127. The molecule has 0 aliphatic carbocycles. The van der Waals surface area contributed by atoms with Crippen molar-refractivity contribution < 1.29 is 23.0 Å². The Balaban J connectivity index is 0.00000392. The van der Waals surface area contributed by atoms with Crippen LogP contribution in [0, 0.1) is 0 Å². The van der Waals surface area contributed by atoms with Crippen LogP contribution in [0.3, 0.4) is 0 Å². The quantitative estimate of drug-likeness (QED) is 0.313. The summed E-state index contributed by atoms with van der Waals surface area (Å²) >= 11 is 0. The highest BCUT2D eigenvalue weighted by Crippen LogP contribution is 2.29. The average molecular weight is 507 g/mol. The third kappa shape index (κ3) is 7.02. The zero-order valence-corrected chi connectivity index (χ0v) is 18.2. The summed E-state index contributed by atoms with van der Waals surface area (Å²) in [5.41, 5.74) is 1.30. The van der Waals surface area contributed by atoms with E-state index in [1.807, 2.05) is 13.0 Å². The smallest absolute Gasteiger partial charge is 0.387 e. The van der Waals surface area contributed by atoms with E-state index in [9.17, 15) is 8.78 Å². The van der Waals surface area contributed by atoms with Gasteiger partial charge in [0.15, 0.2) is 17.5 Å². The van der Waals surface area contributed by atoms with Gasteiger partial charge in [-0.1, -0.05) is 18.2 Å². The Labute approximate surface area is 180 Å². The van der Waals surface area contributed by atoms with E-state index in [0.717, 1.165) is 5.69 Å². The van der Waals surface area contributed by atoms with Gasteiger partial charge in [0.25, 0.3) is 0 Å². The summed E-state index contributed by atoms with van der Waals surface area (Å²) in [6, 6.07) is 11.9. The number of hydrogen-bond acceptors (Lipinski definition) is 4. The summed E-state index contributed by atoms with van der Waals surface area (Å²) in [5.74, 6) is 1.80. The lowest BCUT2D eigenvalue weighted by Gasteiger charge is -2.14. The molecule has 0 heterocycles. The Hall–Kier alpha value is -2.30. The van der Waals surface area contributed by atoms with Crippen molar-refractivity contribution in [1.82, 2.24) is 5.32 Å². The number of para-hydroxylation sites is 1. The van der Waals surface area contributed by atoms with E-state index in [4.69, 9.17) is 9.47 Å². The molecular weight excluding hydrogens is 483 g/mol. The lowest BCUT2D eigenvalue weighted by Crippen LogP contribution is -2.30. The van der Waals surface area contributed by atoms with Crippen LogP contribution >= 0.6 is 24.0 Å². The number of ether oxygens (including phenoxy) is 3. The molecule has 28 heavy (non-hydrogen) atoms. The first-order chi connectivity index (χ1) is 13.1. The minimum atomic E-state index is -2.88. The Morgan fingerprint density at radius 1 is 1.04 bits per heavy atom. The van der Waals surface area contributed by atoms with Gasteiger partial charge in [0.05, 0.1) is 20.8 Å². The maximum absolute atomic E-state index is 12.5. The lowest BCUT2D eigenvalue weighted by molar-refractivity contribution is -0.0504. The molecule has 0 saturated heterocycles. The van der Waals surface area contributed by atoms with E-state index in [1.54, 1.807) is 44.6 Å². The van der Waals surface area contributed by atoms with Crippen molar-refractivity contribution in [3.05, 3.63) is 48.0 Å². The number of nitrogens with one attached hydrogen (secondary N) is 2. The van der Waals surface area contributed by atoms with E-state index >= 15 is 0 Å². The van der Waals surface area contributed by atoms with Crippen molar-refractivity contribution >= 4 is 35.6 Å². The summed E-state index contributed by atoms with van der Waals surface area (Å²) < 4.78 is 40.1. The van der Waals surface area contributed by atoms with Crippen LogP contribution in [0.1, 0.15) is 12.5 Å². The van der Waals surface area contributed by atoms with E-state index in [0.29, 0.717) is 29.6 Å². The third-order valence-electron chi connectivity index (χ3n) is 3.59. The Kier molecular flexibility index (Phi) is 10.4. The minimum Gasteiger partial charge on any atom is -0.493 e. The topological polar surface area (TPSA) is 64.1 Å². The summed E-state index contributed by atoms with van der Waals surface area (Å²) in [6.45, 7) is -0.146. The SMILES string of the molecule is CCNC(=NCc1ccccc1OC(F)F)Nc1ccc(OC)c(OC)c1.I. The van der Waals surface area contributed by atoms with Crippen molar-refractivity contribution in [1.29, 1.82) is 0 Å². The maximum Gasteiger partial charge on any atom is 0.387 e. The number of alkyl halides is 2. The van der Waals surface area contributed by atoms with E-state index in [2.05, 4.69) is 20.4 Å². The molecule has 0 radical (unpaired) electrons. The number of benzene rings is 2. The van der Waals surface area contributed by atoms with Crippen LogP contribution in [-0.4, -0.2) is 33.3 Å². The van der Waals surface area contributed by atoms with Crippen LogP contribution in [0.15, 0.2) is 47.5 Å². The molecule has 0 fully saturated rings. The zero-order valence-electron chi connectivity index (χ0n) is 15.9. The molecule has 6 nitrogen and oxygen atoms in total. The fourth-order valence-electron chi connectivity index (χ4n) is 2.37. The number of aliphatic imine (C=N–C) groups is 1. The first-order valence-corrected chi connectivity index (χ1v) is 8.37. The molecule has 0 amide bonds. The molecule has 154 valence electrons. The van der Waals surface area contributed by atoms with E-state index in [-0.39, 0.29) is 36.3 Å². The predicted octanol–water partition coefficient (Wildman–Crippen LogP) is 4.50. The zero-order chi connectivity index (χ0) is 19.6. The fraction of sp³-hybridized carbons (Fsp3) is 0.316.